The zero-order valence-electron chi connectivity index (χ0n) is 11.5. The van der Waals surface area contributed by atoms with Crippen molar-refractivity contribution in [3.63, 3.8) is 0 Å². The summed E-state index contributed by atoms with van der Waals surface area (Å²) in [5.74, 6) is 1.17. The van der Waals surface area contributed by atoms with Gasteiger partial charge >= 0.3 is 0 Å². The van der Waals surface area contributed by atoms with E-state index < -0.39 is 0 Å². The number of nitrogens with zero attached hydrogens (tertiary/aromatic N) is 1. The quantitative estimate of drug-likeness (QED) is 0.756. The fraction of sp³-hybridized carbons (Fsp3) is 0.118. The first kappa shape index (κ1) is 14.0. The molecule has 0 saturated carbocycles. The number of aryl methyl sites for hydroxylation is 1. The van der Waals surface area contributed by atoms with Crippen molar-refractivity contribution in [3.05, 3.63) is 64.1 Å². The first-order valence-corrected chi connectivity index (χ1v) is 7.40. The average molecular weight is 344 g/mol. The summed E-state index contributed by atoms with van der Waals surface area (Å²) in [6, 6.07) is 15.5. The van der Waals surface area contributed by atoms with Crippen LogP contribution in [0.1, 0.15) is 11.1 Å². The minimum Gasteiger partial charge on any atom is -0.438 e. The summed E-state index contributed by atoms with van der Waals surface area (Å²) in [4.78, 5) is 4.51. The minimum atomic E-state index is -0.111. The van der Waals surface area contributed by atoms with Crippen LogP contribution in [-0.2, 0) is 6.61 Å². The predicted molar refractivity (Wildman–Crippen MR) is 86.6 cm³/mol. The van der Waals surface area contributed by atoms with E-state index in [0.717, 1.165) is 26.7 Å². The molecule has 4 heteroatoms. The molecule has 1 aromatic heterocycles. The Labute approximate surface area is 131 Å². The number of aliphatic hydroxyl groups excluding tert-OH is 1. The molecule has 0 bridgehead atoms. The van der Waals surface area contributed by atoms with E-state index in [1.54, 1.807) is 0 Å². The van der Waals surface area contributed by atoms with Gasteiger partial charge in [-0.25, -0.2) is 4.98 Å². The number of ether oxygens (including phenoxy) is 1. The van der Waals surface area contributed by atoms with E-state index in [9.17, 15) is 5.11 Å². The maximum Gasteiger partial charge on any atom is 0.225 e. The average Bonchev–Trinajstić information content (AvgIpc) is 2.50. The van der Waals surface area contributed by atoms with Gasteiger partial charge in [0, 0.05) is 15.4 Å². The van der Waals surface area contributed by atoms with Crippen molar-refractivity contribution in [3.8, 4) is 11.6 Å². The summed E-state index contributed by atoms with van der Waals surface area (Å²) < 4.78 is 6.86. The van der Waals surface area contributed by atoms with Crippen LogP contribution in [0, 0.1) is 6.92 Å². The molecule has 21 heavy (non-hydrogen) atoms. The van der Waals surface area contributed by atoms with Gasteiger partial charge in [0.25, 0.3) is 0 Å². The second-order valence-electron chi connectivity index (χ2n) is 4.82. The van der Waals surface area contributed by atoms with Crippen LogP contribution in [0.3, 0.4) is 0 Å². The summed E-state index contributed by atoms with van der Waals surface area (Å²) in [5, 5.41) is 10.5. The molecule has 0 aliphatic heterocycles. The Morgan fingerprint density at radius 2 is 1.95 bits per heavy atom. The second kappa shape index (κ2) is 5.84. The third kappa shape index (κ3) is 2.91. The maximum absolute atomic E-state index is 9.55. The van der Waals surface area contributed by atoms with Crippen LogP contribution in [0.2, 0.25) is 0 Å². The summed E-state index contributed by atoms with van der Waals surface area (Å²) >= 11 is 3.44. The van der Waals surface area contributed by atoms with Gasteiger partial charge in [0.05, 0.1) is 12.1 Å². The number of hydrogen-bond acceptors (Lipinski definition) is 3. The van der Waals surface area contributed by atoms with Crippen molar-refractivity contribution in [2.45, 2.75) is 13.5 Å². The summed E-state index contributed by atoms with van der Waals surface area (Å²) in [5.41, 5.74) is 2.53. The van der Waals surface area contributed by atoms with E-state index in [-0.39, 0.29) is 6.61 Å². The minimum absolute atomic E-state index is 0.111. The Kier molecular flexibility index (Phi) is 3.90. The van der Waals surface area contributed by atoms with E-state index in [1.807, 2.05) is 55.5 Å². The second-order valence-corrected chi connectivity index (χ2v) is 5.73. The molecule has 1 N–H and O–H groups in total. The standard InChI is InChI=1S/C17H14BrNO2/c1-11-6-7-14(18)9-16(11)21-17-13(10-20)8-12-4-2-3-5-15(12)19-17/h2-9,20H,10H2,1H3. The number of rotatable bonds is 3. The highest BCUT2D eigenvalue weighted by atomic mass is 79.9. The number of aromatic nitrogens is 1. The molecule has 0 radical (unpaired) electrons. The topological polar surface area (TPSA) is 42.4 Å². The number of benzene rings is 2. The van der Waals surface area contributed by atoms with Gasteiger partial charge in [-0.15, -0.1) is 0 Å². The van der Waals surface area contributed by atoms with Crippen LogP contribution in [-0.4, -0.2) is 10.1 Å². The summed E-state index contributed by atoms with van der Waals surface area (Å²) in [6.45, 7) is 1.86. The number of aliphatic hydroxyl groups is 1. The molecule has 106 valence electrons. The van der Waals surface area contributed by atoms with E-state index >= 15 is 0 Å². The van der Waals surface area contributed by atoms with Crippen LogP contribution in [0.5, 0.6) is 11.6 Å². The maximum atomic E-state index is 9.55. The highest BCUT2D eigenvalue weighted by Gasteiger charge is 2.10. The first-order valence-electron chi connectivity index (χ1n) is 6.61. The van der Waals surface area contributed by atoms with E-state index in [4.69, 9.17) is 4.74 Å². The Balaban J connectivity index is 2.08. The highest BCUT2D eigenvalue weighted by Crippen LogP contribution is 2.30. The number of para-hydroxylation sites is 1. The van der Waals surface area contributed by atoms with Gasteiger partial charge in [-0.1, -0.05) is 40.2 Å². The zero-order valence-corrected chi connectivity index (χ0v) is 13.1. The number of fused-ring (bicyclic) bond motifs is 1. The lowest BCUT2D eigenvalue weighted by atomic mass is 10.1. The van der Waals surface area contributed by atoms with Crippen LogP contribution in [0.25, 0.3) is 10.9 Å². The Morgan fingerprint density at radius 3 is 2.76 bits per heavy atom. The Bertz CT molecular complexity index is 802. The van der Waals surface area contributed by atoms with Gasteiger partial charge in [-0.05, 0) is 36.8 Å². The molecule has 0 unspecified atom stereocenters. The van der Waals surface area contributed by atoms with Crippen LogP contribution < -0.4 is 4.74 Å². The van der Waals surface area contributed by atoms with Crippen LogP contribution >= 0.6 is 15.9 Å². The van der Waals surface area contributed by atoms with Gasteiger partial charge in [0.2, 0.25) is 5.88 Å². The number of hydrogen-bond donors (Lipinski definition) is 1. The van der Waals surface area contributed by atoms with Gasteiger partial charge in [0.15, 0.2) is 0 Å². The van der Waals surface area contributed by atoms with Gasteiger partial charge < -0.3 is 9.84 Å². The third-order valence-corrected chi connectivity index (χ3v) is 3.78. The fourth-order valence-corrected chi connectivity index (χ4v) is 2.47. The smallest absolute Gasteiger partial charge is 0.225 e. The van der Waals surface area contributed by atoms with Crippen molar-refractivity contribution in [1.29, 1.82) is 0 Å². The third-order valence-electron chi connectivity index (χ3n) is 3.29. The molecule has 3 nitrogen and oxygen atoms in total. The normalized spacial score (nSPS) is 10.8. The SMILES string of the molecule is Cc1ccc(Br)cc1Oc1nc2ccccc2cc1CO. The zero-order chi connectivity index (χ0) is 14.8. The van der Waals surface area contributed by atoms with Crippen molar-refractivity contribution < 1.29 is 9.84 Å². The molecular formula is C17H14BrNO2. The molecule has 0 aliphatic rings. The van der Waals surface area contributed by atoms with Crippen molar-refractivity contribution in [1.82, 2.24) is 4.98 Å². The molecule has 0 saturated heterocycles. The van der Waals surface area contributed by atoms with Gasteiger partial charge in [-0.3, -0.25) is 0 Å². The Hall–Kier alpha value is -1.91. The molecule has 0 fully saturated rings. The largest absolute Gasteiger partial charge is 0.438 e. The molecular weight excluding hydrogens is 330 g/mol. The Morgan fingerprint density at radius 1 is 1.14 bits per heavy atom. The number of pyridine rings is 1. The lowest BCUT2D eigenvalue weighted by Gasteiger charge is -2.12. The molecule has 2 aromatic carbocycles. The monoisotopic (exact) mass is 343 g/mol. The molecule has 0 aliphatic carbocycles. The molecule has 0 amide bonds. The molecule has 0 atom stereocenters. The molecule has 3 aromatic rings. The van der Waals surface area contributed by atoms with Gasteiger partial charge in [0.1, 0.15) is 5.75 Å². The lowest BCUT2D eigenvalue weighted by molar-refractivity contribution is 0.275. The summed E-state index contributed by atoms with van der Waals surface area (Å²) in [6.07, 6.45) is 0. The van der Waals surface area contributed by atoms with E-state index in [2.05, 4.69) is 20.9 Å². The van der Waals surface area contributed by atoms with E-state index in [0.29, 0.717) is 11.4 Å². The predicted octanol–water partition coefficient (Wildman–Crippen LogP) is 4.59. The lowest BCUT2D eigenvalue weighted by Crippen LogP contribution is -1.97. The molecule has 3 rings (SSSR count). The molecule has 1 heterocycles. The summed E-state index contributed by atoms with van der Waals surface area (Å²) in [7, 11) is 0. The fourth-order valence-electron chi connectivity index (χ4n) is 2.13. The van der Waals surface area contributed by atoms with E-state index in [1.165, 1.54) is 0 Å². The number of halogens is 1. The van der Waals surface area contributed by atoms with Crippen LogP contribution in [0.4, 0.5) is 0 Å². The highest BCUT2D eigenvalue weighted by molar-refractivity contribution is 9.10. The van der Waals surface area contributed by atoms with Crippen LogP contribution in [0.15, 0.2) is 53.0 Å². The van der Waals surface area contributed by atoms with Crippen molar-refractivity contribution >= 4 is 26.8 Å². The first-order chi connectivity index (χ1) is 10.2. The van der Waals surface area contributed by atoms with Gasteiger partial charge in [-0.2, -0.15) is 0 Å². The van der Waals surface area contributed by atoms with Crippen molar-refractivity contribution in [2.24, 2.45) is 0 Å². The molecule has 0 spiro atoms. The van der Waals surface area contributed by atoms with Crippen molar-refractivity contribution in [2.75, 3.05) is 0 Å².